The lowest BCUT2D eigenvalue weighted by Crippen LogP contribution is -2.60. The Kier molecular flexibility index (Phi) is 23.2. The van der Waals surface area contributed by atoms with Crippen molar-refractivity contribution in [1.29, 1.82) is 0 Å². The maximum absolute atomic E-state index is 13.6. The quantitative estimate of drug-likeness (QED) is 0.0170. The van der Waals surface area contributed by atoms with Gasteiger partial charge in [-0.3, -0.25) is 48.1 Å². The molecule has 1 rings (SSSR count). The highest BCUT2D eigenvalue weighted by atomic mass is 32.1. The second kappa shape index (κ2) is 26.8. The van der Waals surface area contributed by atoms with Crippen LogP contribution in [0.25, 0.3) is 0 Å². The van der Waals surface area contributed by atoms with Crippen molar-refractivity contribution in [2.24, 2.45) is 28.1 Å². The van der Waals surface area contributed by atoms with Gasteiger partial charge in [-0.05, 0) is 32.6 Å². The molecule has 346 valence electrons. The molecule has 0 radical (unpaired) electrons. The van der Waals surface area contributed by atoms with Crippen LogP contribution in [0.2, 0.25) is 0 Å². The molecular weight excluding hydrogens is 861 g/mol. The van der Waals surface area contributed by atoms with Gasteiger partial charge in [-0.1, -0.05) is 13.8 Å². The number of aliphatic carboxylic acids is 1. The molecule has 0 aromatic carbocycles. The molecule has 0 fully saturated rings. The number of rotatable bonds is 27. The Morgan fingerprint density at radius 1 is 0.661 bits per heavy atom. The molecule has 0 bridgehead atoms. The monoisotopic (exact) mass is 916 g/mol. The summed E-state index contributed by atoms with van der Waals surface area (Å²) in [5.41, 5.74) is 16.3. The zero-order chi connectivity index (χ0) is 47.3. The summed E-state index contributed by atoms with van der Waals surface area (Å²) in [6.07, 6.45) is 0.215. The summed E-state index contributed by atoms with van der Waals surface area (Å²) in [5.74, 6) is -10.2. The van der Waals surface area contributed by atoms with Crippen molar-refractivity contribution in [3.8, 4) is 0 Å². The highest BCUT2D eigenvalue weighted by Crippen LogP contribution is 2.07. The van der Waals surface area contributed by atoms with Crippen LogP contribution in [0.5, 0.6) is 0 Å². The topological polar surface area (TPSA) is 426 Å². The molecule has 1 aromatic heterocycles. The van der Waals surface area contributed by atoms with Gasteiger partial charge in [-0.15, -0.1) is 0 Å². The second-order valence-corrected chi connectivity index (χ2v) is 14.8. The third kappa shape index (κ3) is 19.4. The Bertz CT molecular complexity index is 1780. The van der Waals surface area contributed by atoms with Crippen molar-refractivity contribution in [3.05, 3.63) is 18.2 Å². The smallest absolute Gasteiger partial charge is 0.405 e. The first kappa shape index (κ1) is 53.7. The van der Waals surface area contributed by atoms with Gasteiger partial charge in [0.15, 0.2) is 5.96 Å². The molecule has 0 unspecified atom stereocenters. The van der Waals surface area contributed by atoms with Gasteiger partial charge in [0.05, 0.1) is 12.7 Å². The first-order valence-electron chi connectivity index (χ1n) is 18.9. The van der Waals surface area contributed by atoms with E-state index in [4.69, 9.17) is 22.3 Å². The number of nitrogens with zero attached hydrogens (tertiary/aromatic N) is 2. The van der Waals surface area contributed by atoms with E-state index in [1.165, 1.54) is 26.4 Å². The molecule has 28 heteroatoms. The number of nitrogens with one attached hydrogen (secondary N) is 9. The van der Waals surface area contributed by atoms with Crippen LogP contribution in [0.1, 0.15) is 52.7 Å². The zero-order valence-electron chi connectivity index (χ0n) is 34.3. The largest absolute Gasteiger partial charge is 0.481 e. The number of aromatic nitrogens is 2. The second-order valence-electron chi connectivity index (χ2n) is 14.0. The minimum absolute atomic E-state index is 0.0504. The fourth-order valence-corrected chi connectivity index (χ4v) is 5.74. The molecule has 8 atom stereocenters. The molecule has 0 saturated heterocycles. The molecule has 0 aliphatic carbocycles. The Balaban J connectivity index is 3.17. The number of primary amides is 1. The number of hydrogen-bond acceptors (Lipinski definition) is 14. The molecule has 62 heavy (non-hydrogen) atoms. The third-order valence-corrected chi connectivity index (χ3v) is 9.32. The summed E-state index contributed by atoms with van der Waals surface area (Å²) < 4.78 is 0. The molecule has 0 aliphatic rings. The standard InChI is InChI=1S/C34H56N14O12S2/c1-14(2)24(32(58)45-20(9-23(49)50)30(56)46-21(11-61)25(35)51)48-27(53)16(4)42-29(55)19(8-17-10-38-13-40-17)44-26(52)15(3)41-28(54)18(6-5-7-39-33(36)37)43-31(57)22(12-62)47-34(59)60/h10,13-16,18-22,24,47,61-62H,5-9,11-12H2,1-4H3,(H2,35,51)(H,38,40)(H,41,54)(H,42,55)(H,43,57)(H,44,52)(H,45,58)(H,46,56)(H,48,53)(H,49,50)(H,59,60)(H4,36,37,39)/t15-,16-,18-,19-,20-,21-,22-,24-/m0/s1. The minimum Gasteiger partial charge on any atom is -0.481 e. The first-order valence-corrected chi connectivity index (χ1v) is 20.1. The third-order valence-electron chi connectivity index (χ3n) is 8.59. The lowest BCUT2D eigenvalue weighted by molar-refractivity contribution is -0.141. The predicted octanol–water partition coefficient (Wildman–Crippen LogP) is -5.45. The number of aliphatic imine (C=N–C) groups is 1. The Morgan fingerprint density at radius 2 is 1.16 bits per heavy atom. The van der Waals surface area contributed by atoms with Gasteiger partial charge in [-0.25, -0.2) is 9.78 Å². The molecule has 0 aliphatic heterocycles. The van der Waals surface area contributed by atoms with Crippen molar-refractivity contribution in [2.45, 2.75) is 102 Å². The van der Waals surface area contributed by atoms with Gasteiger partial charge in [0, 0.05) is 36.4 Å². The minimum atomic E-state index is -1.69. The molecule has 1 heterocycles. The summed E-state index contributed by atoms with van der Waals surface area (Å²) >= 11 is 7.90. The van der Waals surface area contributed by atoms with Crippen LogP contribution in [-0.4, -0.2) is 152 Å². The van der Waals surface area contributed by atoms with E-state index >= 15 is 0 Å². The number of carbonyl (C=O) groups excluding carboxylic acids is 8. The van der Waals surface area contributed by atoms with E-state index in [0.717, 1.165) is 0 Å². The van der Waals surface area contributed by atoms with Gasteiger partial charge < -0.3 is 74.9 Å². The number of nitrogens with two attached hydrogens (primary N) is 3. The normalized spacial score (nSPS) is 14.7. The maximum Gasteiger partial charge on any atom is 0.405 e. The molecule has 9 amide bonds. The number of imidazole rings is 1. The molecule has 26 nitrogen and oxygen atoms in total. The number of H-pyrrole nitrogens is 1. The lowest BCUT2D eigenvalue weighted by Gasteiger charge is -2.27. The van der Waals surface area contributed by atoms with Crippen molar-refractivity contribution in [1.82, 2.24) is 52.5 Å². The van der Waals surface area contributed by atoms with Crippen LogP contribution < -0.4 is 59.7 Å². The number of amides is 9. The van der Waals surface area contributed by atoms with Crippen molar-refractivity contribution in [3.63, 3.8) is 0 Å². The fourth-order valence-electron chi connectivity index (χ4n) is 5.21. The SMILES string of the molecule is CC(C)[C@H](NC(=O)[C@H](C)NC(=O)[C@H](Cc1cnc[nH]1)NC(=O)[C@H](C)NC(=O)[C@H](CCCN=C(N)N)NC(=O)[C@H](CS)NC(=O)O)C(=O)N[C@@H](CC(=O)O)C(=O)N[C@@H](CS)C(N)=O. The summed E-state index contributed by atoms with van der Waals surface area (Å²) in [6.45, 7) is 5.70. The van der Waals surface area contributed by atoms with Crippen LogP contribution in [0.3, 0.4) is 0 Å². The Labute approximate surface area is 366 Å². The van der Waals surface area contributed by atoms with Crippen molar-refractivity contribution < 1.29 is 58.2 Å². The van der Waals surface area contributed by atoms with Gasteiger partial charge in [0.25, 0.3) is 0 Å². The molecular formula is C34H56N14O12S2. The highest BCUT2D eigenvalue weighted by molar-refractivity contribution is 7.80. The van der Waals surface area contributed by atoms with Crippen LogP contribution in [0.15, 0.2) is 17.5 Å². The average molecular weight is 917 g/mol. The lowest BCUT2D eigenvalue weighted by atomic mass is 10.0. The van der Waals surface area contributed by atoms with Crippen LogP contribution >= 0.6 is 25.3 Å². The van der Waals surface area contributed by atoms with Crippen molar-refractivity contribution >= 4 is 90.5 Å². The number of aromatic amines is 1. The van der Waals surface area contributed by atoms with E-state index in [-0.39, 0.29) is 43.3 Å². The number of carbonyl (C=O) groups is 10. The van der Waals surface area contributed by atoms with Gasteiger partial charge in [0.1, 0.15) is 48.3 Å². The number of thiol groups is 2. The van der Waals surface area contributed by atoms with Gasteiger partial charge >= 0.3 is 12.1 Å². The number of carboxylic acids is 1. The average Bonchev–Trinajstić information content (AvgIpc) is 3.70. The Morgan fingerprint density at radius 3 is 1.65 bits per heavy atom. The fraction of sp³-hybridized carbons (Fsp3) is 0.588. The van der Waals surface area contributed by atoms with Crippen molar-refractivity contribution in [2.75, 3.05) is 18.1 Å². The van der Waals surface area contributed by atoms with E-state index < -0.39 is 120 Å². The molecule has 0 spiro atoms. The number of carboxylic acid groups (broad SMARTS) is 2. The highest BCUT2D eigenvalue weighted by Gasteiger charge is 2.34. The van der Waals surface area contributed by atoms with Crippen LogP contribution in [0.4, 0.5) is 4.79 Å². The zero-order valence-corrected chi connectivity index (χ0v) is 36.1. The summed E-state index contributed by atoms with van der Waals surface area (Å²) in [4.78, 5) is 137. The van der Waals surface area contributed by atoms with Gasteiger partial charge in [-0.2, -0.15) is 25.3 Å². The summed E-state index contributed by atoms with van der Waals surface area (Å²) in [5, 5.41) is 37.1. The number of hydrogen-bond donors (Lipinski definition) is 16. The predicted molar refractivity (Wildman–Crippen MR) is 226 cm³/mol. The molecule has 1 aromatic rings. The summed E-state index contributed by atoms with van der Waals surface area (Å²) in [7, 11) is 0. The van der Waals surface area contributed by atoms with Gasteiger partial charge in [0.2, 0.25) is 47.3 Å². The van der Waals surface area contributed by atoms with E-state index in [0.29, 0.717) is 5.69 Å². The van der Waals surface area contributed by atoms with E-state index in [1.807, 2.05) is 5.32 Å². The van der Waals surface area contributed by atoms with E-state index in [9.17, 15) is 53.1 Å². The Hall–Kier alpha value is -6.32. The van der Waals surface area contributed by atoms with E-state index in [2.05, 4.69) is 77.4 Å². The maximum atomic E-state index is 13.6. The molecule has 0 saturated carbocycles. The van der Waals surface area contributed by atoms with Crippen LogP contribution in [0, 0.1) is 5.92 Å². The van der Waals surface area contributed by atoms with Crippen LogP contribution in [-0.2, 0) is 49.6 Å². The van der Waals surface area contributed by atoms with E-state index in [1.54, 1.807) is 13.8 Å². The summed E-state index contributed by atoms with van der Waals surface area (Å²) in [6, 6.07) is -11.1. The first-order chi connectivity index (χ1) is 29.0. The molecule has 17 N–H and O–H groups in total. The number of guanidine groups is 1.